The Morgan fingerprint density at radius 2 is 1.86 bits per heavy atom. The largest absolute Gasteiger partial charge is 0.497 e. The van der Waals surface area contributed by atoms with Gasteiger partial charge in [-0.3, -0.25) is 25.0 Å². The van der Waals surface area contributed by atoms with Gasteiger partial charge >= 0.3 is 0 Å². The number of aryl methyl sites for hydroxylation is 1. The SMILES string of the molecule is COc1ccc(N2C(=O)/C(=C\c3ccc(-c4ccc([N+](=O)[O-])cc4C)o3)C(=O)NC2=S)c(OC)c1. The van der Waals surface area contributed by atoms with Gasteiger partial charge in [-0.1, -0.05) is 0 Å². The predicted molar refractivity (Wildman–Crippen MR) is 131 cm³/mol. The first-order chi connectivity index (χ1) is 16.7. The molecule has 0 saturated carbocycles. The molecule has 1 fully saturated rings. The molecule has 2 heterocycles. The number of carbonyl (C=O) groups excluding carboxylic acids is 2. The third-order valence-corrected chi connectivity index (χ3v) is 5.61. The van der Waals surface area contributed by atoms with Crippen LogP contribution in [0, 0.1) is 17.0 Å². The van der Waals surface area contributed by atoms with E-state index in [-0.39, 0.29) is 22.1 Å². The summed E-state index contributed by atoms with van der Waals surface area (Å²) in [5.74, 6) is 0.178. The van der Waals surface area contributed by atoms with Crippen LogP contribution in [0.5, 0.6) is 11.5 Å². The van der Waals surface area contributed by atoms with E-state index in [0.29, 0.717) is 34.1 Å². The lowest BCUT2D eigenvalue weighted by Gasteiger charge is -2.29. The minimum absolute atomic E-state index is 0.0327. The van der Waals surface area contributed by atoms with Gasteiger partial charge in [0, 0.05) is 23.8 Å². The van der Waals surface area contributed by atoms with E-state index in [2.05, 4.69) is 5.32 Å². The number of benzene rings is 2. The zero-order chi connectivity index (χ0) is 25.3. The van der Waals surface area contributed by atoms with Gasteiger partial charge in [-0.15, -0.1) is 0 Å². The molecule has 0 spiro atoms. The van der Waals surface area contributed by atoms with E-state index >= 15 is 0 Å². The summed E-state index contributed by atoms with van der Waals surface area (Å²) in [6.07, 6.45) is 1.31. The van der Waals surface area contributed by atoms with E-state index < -0.39 is 16.7 Å². The summed E-state index contributed by atoms with van der Waals surface area (Å²) >= 11 is 5.25. The van der Waals surface area contributed by atoms with Crippen LogP contribution in [0.2, 0.25) is 0 Å². The number of amides is 2. The smallest absolute Gasteiger partial charge is 0.270 e. The minimum atomic E-state index is -0.673. The van der Waals surface area contributed by atoms with Crippen molar-refractivity contribution in [2.45, 2.75) is 6.92 Å². The number of ether oxygens (including phenoxy) is 2. The van der Waals surface area contributed by atoms with E-state index in [0.717, 1.165) is 4.90 Å². The summed E-state index contributed by atoms with van der Waals surface area (Å²) < 4.78 is 16.4. The third-order valence-electron chi connectivity index (χ3n) is 5.33. The normalized spacial score (nSPS) is 14.8. The molecule has 1 saturated heterocycles. The molecule has 2 amide bonds. The third kappa shape index (κ3) is 4.49. The highest BCUT2D eigenvalue weighted by atomic mass is 32.1. The molecule has 0 aliphatic carbocycles. The number of rotatable bonds is 6. The second-order valence-electron chi connectivity index (χ2n) is 7.45. The molecule has 4 rings (SSSR count). The number of carbonyl (C=O) groups is 2. The molecule has 178 valence electrons. The van der Waals surface area contributed by atoms with Crippen LogP contribution >= 0.6 is 12.2 Å². The molecular formula is C24H19N3O7S. The van der Waals surface area contributed by atoms with E-state index in [1.165, 1.54) is 32.4 Å². The Morgan fingerprint density at radius 1 is 1.09 bits per heavy atom. The van der Waals surface area contributed by atoms with Crippen LogP contribution in [0.4, 0.5) is 11.4 Å². The molecule has 11 heteroatoms. The highest BCUT2D eigenvalue weighted by Crippen LogP contribution is 2.35. The Bertz CT molecular complexity index is 1410. The molecule has 0 bridgehead atoms. The maximum absolute atomic E-state index is 13.3. The van der Waals surface area contributed by atoms with Crippen LogP contribution in [0.15, 0.2) is 58.5 Å². The summed E-state index contributed by atoms with van der Waals surface area (Å²) in [6.45, 7) is 1.72. The highest BCUT2D eigenvalue weighted by Gasteiger charge is 2.36. The molecule has 1 aliphatic rings. The van der Waals surface area contributed by atoms with Crippen molar-refractivity contribution in [1.29, 1.82) is 0 Å². The fourth-order valence-electron chi connectivity index (χ4n) is 3.60. The first kappa shape index (κ1) is 23.6. The molecule has 1 N–H and O–H groups in total. The fraction of sp³-hybridized carbons (Fsp3) is 0.125. The van der Waals surface area contributed by atoms with Crippen LogP contribution < -0.4 is 19.7 Å². The fourth-order valence-corrected chi connectivity index (χ4v) is 3.88. The van der Waals surface area contributed by atoms with Crippen LogP contribution in [-0.2, 0) is 9.59 Å². The van der Waals surface area contributed by atoms with Crippen molar-refractivity contribution >= 4 is 46.6 Å². The topological polar surface area (TPSA) is 124 Å². The lowest BCUT2D eigenvalue weighted by Crippen LogP contribution is -2.54. The van der Waals surface area contributed by atoms with Gasteiger partial charge in [0.1, 0.15) is 28.6 Å². The van der Waals surface area contributed by atoms with Gasteiger partial charge < -0.3 is 13.9 Å². The predicted octanol–water partition coefficient (Wildman–Crippen LogP) is 4.01. The zero-order valence-corrected chi connectivity index (χ0v) is 19.7. The molecule has 3 aromatic rings. The lowest BCUT2D eigenvalue weighted by molar-refractivity contribution is -0.384. The van der Waals surface area contributed by atoms with Gasteiger partial charge in [0.05, 0.1) is 24.8 Å². The molecule has 2 aromatic carbocycles. The molecule has 10 nitrogen and oxygen atoms in total. The van der Waals surface area contributed by atoms with Gasteiger partial charge in [0.15, 0.2) is 5.11 Å². The van der Waals surface area contributed by atoms with Crippen LogP contribution in [0.25, 0.3) is 17.4 Å². The monoisotopic (exact) mass is 493 g/mol. The molecular weight excluding hydrogens is 474 g/mol. The first-order valence-electron chi connectivity index (χ1n) is 10.2. The Hall–Kier alpha value is -4.51. The van der Waals surface area contributed by atoms with Crippen LogP contribution in [0.3, 0.4) is 0 Å². The standard InChI is InChI=1S/C24H19N3O7S/c1-13-10-14(27(30)31)4-7-17(13)20-9-6-16(34-20)11-18-22(28)25-24(35)26(23(18)29)19-8-5-15(32-2)12-21(19)33-3/h4-12H,1-3H3,(H,25,28,35)/b18-11-. The van der Waals surface area contributed by atoms with Crippen LogP contribution in [-0.4, -0.2) is 36.1 Å². The second kappa shape index (κ2) is 9.39. The number of anilines is 1. The average molecular weight is 493 g/mol. The Labute approximate surface area is 204 Å². The molecule has 1 aromatic heterocycles. The van der Waals surface area contributed by atoms with Gasteiger partial charge in [-0.25, -0.2) is 4.90 Å². The number of non-ortho nitro benzene ring substituents is 1. The second-order valence-corrected chi connectivity index (χ2v) is 7.84. The quantitative estimate of drug-likeness (QED) is 0.180. The number of nitro groups is 1. The summed E-state index contributed by atoms with van der Waals surface area (Å²) in [5.41, 5.74) is 1.39. The van der Waals surface area contributed by atoms with Crippen molar-refractivity contribution in [3.63, 3.8) is 0 Å². The van der Waals surface area contributed by atoms with Crippen molar-refractivity contribution in [3.8, 4) is 22.8 Å². The van der Waals surface area contributed by atoms with E-state index in [4.69, 9.17) is 26.1 Å². The zero-order valence-electron chi connectivity index (χ0n) is 18.9. The van der Waals surface area contributed by atoms with Crippen molar-refractivity contribution in [2.24, 2.45) is 0 Å². The number of nitrogens with one attached hydrogen (secondary N) is 1. The highest BCUT2D eigenvalue weighted by molar-refractivity contribution is 7.80. The maximum Gasteiger partial charge on any atom is 0.270 e. The number of nitro benzene ring substituents is 1. The van der Waals surface area contributed by atoms with Gasteiger partial charge in [-0.2, -0.15) is 0 Å². The average Bonchev–Trinajstić information content (AvgIpc) is 3.30. The minimum Gasteiger partial charge on any atom is -0.497 e. The molecule has 0 radical (unpaired) electrons. The lowest BCUT2D eigenvalue weighted by atomic mass is 10.1. The molecule has 0 unspecified atom stereocenters. The Morgan fingerprint density at radius 3 is 2.51 bits per heavy atom. The van der Waals surface area contributed by atoms with Crippen molar-refractivity contribution in [1.82, 2.24) is 5.32 Å². The number of furan rings is 1. The Kier molecular flexibility index (Phi) is 6.34. The van der Waals surface area contributed by atoms with E-state index in [1.54, 1.807) is 43.3 Å². The number of methoxy groups -OCH3 is 2. The van der Waals surface area contributed by atoms with Crippen LogP contribution in [0.1, 0.15) is 11.3 Å². The number of thiocarbonyl (C=S) groups is 1. The molecule has 1 aliphatic heterocycles. The number of nitrogens with zero attached hydrogens (tertiary/aromatic N) is 2. The van der Waals surface area contributed by atoms with Crippen molar-refractivity contribution in [2.75, 3.05) is 19.1 Å². The summed E-state index contributed by atoms with van der Waals surface area (Å²) in [4.78, 5) is 37.6. The maximum atomic E-state index is 13.3. The summed E-state index contributed by atoms with van der Waals surface area (Å²) in [6, 6.07) is 12.5. The number of hydrogen-bond acceptors (Lipinski definition) is 8. The first-order valence-corrected chi connectivity index (χ1v) is 10.6. The van der Waals surface area contributed by atoms with Gasteiger partial charge in [0.2, 0.25) is 0 Å². The van der Waals surface area contributed by atoms with Gasteiger partial charge in [-0.05, 0) is 61.1 Å². The Balaban J connectivity index is 1.68. The summed E-state index contributed by atoms with van der Waals surface area (Å²) in [5, 5.41) is 13.4. The molecule has 35 heavy (non-hydrogen) atoms. The van der Waals surface area contributed by atoms with Crippen molar-refractivity contribution in [3.05, 3.63) is 75.5 Å². The molecule has 0 atom stereocenters. The van der Waals surface area contributed by atoms with Gasteiger partial charge in [0.25, 0.3) is 17.5 Å². The van der Waals surface area contributed by atoms with E-state index in [9.17, 15) is 19.7 Å². The van der Waals surface area contributed by atoms with Crippen molar-refractivity contribution < 1.29 is 28.4 Å². The summed E-state index contributed by atoms with van der Waals surface area (Å²) in [7, 11) is 2.94. The van der Waals surface area contributed by atoms with E-state index in [1.807, 2.05) is 0 Å². The number of hydrogen-bond donors (Lipinski definition) is 1.